The SMILES string of the molecule is Cc1cc(C(N)Cc2csc3ccccc23)c(C)nn1. The van der Waals surface area contributed by atoms with Crippen molar-refractivity contribution < 1.29 is 0 Å². The average Bonchev–Trinajstić information content (AvgIpc) is 2.85. The van der Waals surface area contributed by atoms with E-state index < -0.39 is 0 Å². The lowest BCUT2D eigenvalue weighted by Gasteiger charge is -2.14. The van der Waals surface area contributed by atoms with Crippen LogP contribution in [0.5, 0.6) is 0 Å². The molecule has 1 aromatic carbocycles. The lowest BCUT2D eigenvalue weighted by atomic mass is 9.98. The van der Waals surface area contributed by atoms with Gasteiger partial charge < -0.3 is 5.73 Å². The number of hydrogen-bond donors (Lipinski definition) is 1. The largest absolute Gasteiger partial charge is 0.324 e. The molecule has 3 aromatic rings. The Hall–Kier alpha value is -1.78. The van der Waals surface area contributed by atoms with E-state index in [1.807, 2.05) is 19.9 Å². The van der Waals surface area contributed by atoms with E-state index in [-0.39, 0.29) is 6.04 Å². The Balaban J connectivity index is 1.92. The zero-order chi connectivity index (χ0) is 14.1. The van der Waals surface area contributed by atoms with E-state index in [1.54, 1.807) is 11.3 Å². The van der Waals surface area contributed by atoms with Crippen LogP contribution in [0.3, 0.4) is 0 Å². The van der Waals surface area contributed by atoms with E-state index in [0.717, 1.165) is 23.4 Å². The Kier molecular flexibility index (Phi) is 3.51. The second-order valence-corrected chi connectivity index (χ2v) is 6.01. The first-order chi connectivity index (χ1) is 9.65. The highest BCUT2D eigenvalue weighted by molar-refractivity contribution is 7.17. The van der Waals surface area contributed by atoms with Gasteiger partial charge in [0.25, 0.3) is 0 Å². The van der Waals surface area contributed by atoms with Gasteiger partial charge in [-0.2, -0.15) is 10.2 Å². The number of aryl methyl sites for hydroxylation is 2. The lowest BCUT2D eigenvalue weighted by molar-refractivity contribution is 0.704. The quantitative estimate of drug-likeness (QED) is 0.799. The molecule has 0 saturated heterocycles. The van der Waals surface area contributed by atoms with Gasteiger partial charge in [-0.3, -0.25) is 0 Å². The Morgan fingerprint density at radius 3 is 2.85 bits per heavy atom. The highest BCUT2D eigenvalue weighted by Gasteiger charge is 2.14. The monoisotopic (exact) mass is 283 g/mol. The fourth-order valence-corrected chi connectivity index (χ4v) is 3.46. The molecule has 4 heteroatoms. The smallest absolute Gasteiger partial charge is 0.0648 e. The number of hydrogen-bond acceptors (Lipinski definition) is 4. The minimum Gasteiger partial charge on any atom is -0.324 e. The van der Waals surface area contributed by atoms with Gasteiger partial charge in [0, 0.05) is 10.7 Å². The molecule has 2 heterocycles. The molecule has 1 atom stereocenters. The summed E-state index contributed by atoms with van der Waals surface area (Å²) in [5, 5.41) is 11.7. The molecule has 20 heavy (non-hydrogen) atoms. The van der Waals surface area contributed by atoms with Crippen LogP contribution in [0, 0.1) is 13.8 Å². The number of nitrogens with zero attached hydrogens (tertiary/aromatic N) is 2. The first-order valence-corrected chi connectivity index (χ1v) is 7.54. The second kappa shape index (κ2) is 5.31. The summed E-state index contributed by atoms with van der Waals surface area (Å²) in [7, 11) is 0. The van der Waals surface area contributed by atoms with Crippen molar-refractivity contribution in [3.8, 4) is 0 Å². The van der Waals surface area contributed by atoms with Crippen LogP contribution < -0.4 is 5.73 Å². The predicted octanol–water partition coefficient (Wildman–Crippen LogP) is 3.55. The standard InChI is InChI=1S/C16H17N3S/c1-10-7-14(11(2)19-18-10)15(17)8-12-9-20-16-6-4-3-5-13(12)16/h3-7,9,15H,8,17H2,1-2H3. The Bertz CT molecular complexity index is 748. The van der Waals surface area contributed by atoms with E-state index in [4.69, 9.17) is 5.73 Å². The molecular formula is C16H17N3S. The summed E-state index contributed by atoms with van der Waals surface area (Å²) in [6.07, 6.45) is 0.829. The van der Waals surface area contributed by atoms with Crippen LogP contribution in [0.2, 0.25) is 0 Å². The maximum Gasteiger partial charge on any atom is 0.0648 e. The molecule has 102 valence electrons. The van der Waals surface area contributed by atoms with Gasteiger partial charge in [-0.1, -0.05) is 18.2 Å². The van der Waals surface area contributed by atoms with Gasteiger partial charge in [0.2, 0.25) is 0 Å². The van der Waals surface area contributed by atoms with Gasteiger partial charge in [-0.25, -0.2) is 0 Å². The third kappa shape index (κ3) is 2.44. The molecule has 1 unspecified atom stereocenters. The molecule has 2 N–H and O–H groups in total. The lowest BCUT2D eigenvalue weighted by Crippen LogP contribution is -2.16. The molecule has 0 saturated carbocycles. The second-order valence-electron chi connectivity index (χ2n) is 5.09. The summed E-state index contributed by atoms with van der Waals surface area (Å²) in [5.74, 6) is 0. The van der Waals surface area contributed by atoms with Crippen LogP contribution in [0.25, 0.3) is 10.1 Å². The van der Waals surface area contributed by atoms with Crippen LogP contribution in [-0.2, 0) is 6.42 Å². The number of rotatable bonds is 3. The molecule has 3 rings (SSSR count). The summed E-state index contributed by atoms with van der Waals surface area (Å²) in [6, 6.07) is 10.5. The molecule has 2 aromatic heterocycles. The fraction of sp³-hybridized carbons (Fsp3) is 0.250. The molecule has 0 aliphatic rings. The van der Waals surface area contributed by atoms with E-state index in [9.17, 15) is 0 Å². The van der Waals surface area contributed by atoms with Gasteiger partial charge in [-0.15, -0.1) is 11.3 Å². The van der Waals surface area contributed by atoms with Gasteiger partial charge in [-0.05, 0) is 54.3 Å². The minimum absolute atomic E-state index is 0.0396. The van der Waals surface area contributed by atoms with Crippen molar-refractivity contribution in [2.75, 3.05) is 0 Å². The molecule has 3 nitrogen and oxygen atoms in total. The van der Waals surface area contributed by atoms with Gasteiger partial charge in [0.05, 0.1) is 11.4 Å². The van der Waals surface area contributed by atoms with Crippen molar-refractivity contribution in [3.63, 3.8) is 0 Å². The zero-order valence-corrected chi connectivity index (χ0v) is 12.4. The van der Waals surface area contributed by atoms with Crippen molar-refractivity contribution in [1.82, 2.24) is 10.2 Å². The highest BCUT2D eigenvalue weighted by atomic mass is 32.1. The van der Waals surface area contributed by atoms with Crippen LogP contribution >= 0.6 is 11.3 Å². The number of benzene rings is 1. The maximum absolute atomic E-state index is 6.38. The summed E-state index contributed by atoms with van der Waals surface area (Å²) in [5.41, 5.74) is 10.6. The first-order valence-electron chi connectivity index (χ1n) is 6.66. The normalized spacial score (nSPS) is 12.8. The van der Waals surface area contributed by atoms with Crippen molar-refractivity contribution in [2.45, 2.75) is 26.3 Å². The van der Waals surface area contributed by atoms with Gasteiger partial charge in [0.15, 0.2) is 0 Å². The van der Waals surface area contributed by atoms with Crippen molar-refractivity contribution in [3.05, 3.63) is 58.2 Å². The Morgan fingerprint density at radius 1 is 1.20 bits per heavy atom. The van der Waals surface area contributed by atoms with Crippen molar-refractivity contribution in [1.29, 1.82) is 0 Å². The summed E-state index contributed by atoms with van der Waals surface area (Å²) < 4.78 is 1.32. The Labute approximate surface area is 122 Å². The topological polar surface area (TPSA) is 51.8 Å². The van der Waals surface area contributed by atoms with E-state index in [1.165, 1.54) is 15.6 Å². The van der Waals surface area contributed by atoms with Crippen LogP contribution in [-0.4, -0.2) is 10.2 Å². The third-order valence-electron chi connectivity index (χ3n) is 3.54. The number of fused-ring (bicyclic) bond motifs is 1. The highest BCUT2D eigenvalue weighted by Crippen LogP contribution is 2.29. The van der Waals surface area contributed by atoms with Gasteiger partial charge in [0.1, 0.15) is 0 Å². The number of thiophene rings is 1. The molecule has 0 spiro atoms. The predicted molar refractivity (Wildman–Crippen MR) is 84.0 cm³/mol. The molecule has 0 amide bonds. The van der Waals surface area contributed by atoms with Crippen LogP contribution in [0.1, 0.15) is 28.6 Å². The Morgan fingerprint density at radius 2 is 2.00 bits per heavy atom. The average molecular weight is 283 g/mol. The minimum atomic E-state index is -0.0396. The molecule has 0 aliphatic carbocycles. The van der Waals surface area contributed by atoms with Crippen molar-refractivity contribution in [2.24, 2.45) is 5.73 Å². The van der Waals surface area contributed by atoms with E-state index in [2.05, 4.69) is 39.8 Å². The molecular weight excluding hydrogens is 266 g/mol. The summed E-state index contributed by atoms with van der Waals surface area (Å²) in [6.45, 7) is 3.91. The van der Waals surface area contributed by atoms with Crippen LogP contribution in [0.15, 0.2) is 35.7 Å². The molecule has 0 radical (unpaired) electrons. The first kappa shape index (κ1) is 13.2. The zero-order valence-electron chi connectivity index (χ0n) is 11.6. The van der Waals surface area contributed by atoms with Crippen molar-refractivity contribution >= 4 is 21.4 Å². The summed E-state index contributed by atoms with van der Waals surface area (Å²) in [4.78, 5) is 0. The number of aromatic nitrogens is 2. The van der Waals surface area contributed by atoms with E-state index in [0.29, 0.717) is 0 Å². The molecule has 0 fully saturated rings. The maximum atomic E-state index is 6.38. The number of nitrogens with two attached hydrogens (primary N) is 1. The van der Waals surface area contributed by atoms with Crippen LogP contribution in [0.4, 0.5) is 0 Å². The fourth-order valence-electron chi connectivity index (χ4n) is 2.48. The molecule has 0 aliphatic heterocycles. The van der Waals surface area contributed by atoms with Gasteiger partial charge >= 0.3 is 0 Å². The third-order valence-corrected chi connectivity index (χ3v) is 4.55. The van der Waals surface area contributed by atoms with E-state index >= 15 is 0 Å². The molecule has 0 bridgehead atoms. The summed E-state index contributed by atoms with van der Waals surface area (Å²) >= 11 is 1.77.